The molecule has 0 fully saturated rings. The van der Waals surface area contributed by atoms with Gasteiger partial charge in [0.05, 0.1) is 4.90 Å². The van der Waals surface area contributed by atoms with Gasteiger partial charge < -0.3 is 11.1 Å². The van der Waals surface area contributed by atoms with Crippen LogP contribution >= 0.6 is 12.4 Å². The fourth-order valence-electron chi connectivity index (χ4n) is 2.46. The molecule has 0 radical (unpaired) electrons. The minimum Gasteiger partial charge on any atom is -0.348 e. The number of amides is 1. The van der Waals surface area contributed by atoms with E-state index in [4.69, 9.17) is 5.73 Å². The Morgan fingerprint density at radius 2 is 1.72 bits per heavy atom. The molecule has 0 aliphatic carbocycles. The van der Waals surface area contributed by atoms with Gasteiger partial charge in [-0.15, -0.1) is 12.4 Å². The maximum Gasteiger partial charge on any atom is 0.251 e. The summed E-state index contributed by atoms with van der Waals surface area (Å²) < 4.78 is 26.2. The highest BCUT2D eigenvalue weighted by Crippen LogP contribution is 2.16. The lowest BCUT2D eigenvalue weighted by Gasteiger charge is -2.19. The summed E-state index contributed by atoms with van der Waals surface area (Å²) in [4.78, 5) is 12.5. The molecule has 1 aromatic carbocycles. The number of rotatable bonds is 10. The number of benzene rings is 1. The third-order valence-corrected chi connectivity index (χ3v) is 6.05. The molecule has 1 rings (SSSR count). The zero-order valence-electron chi connectivity index (χ0n) is 15.2. The Bertz CT molecular complexity index is 617. The molecule has 8 heteroatoms. The summed E-state index contributed by atoms with van der Waals surface area (Å²) in [6.07, 6.45) is 2.89. The Morgan fingerprint density at radius 1 is 1.16 bits per heavy atom. The fourth-order valence-corrected chi connectivity index (χ4v) is 3.92. The van der Waals surface area contributed by atoms with Crippen LogP contribution in [0.4, 0.5) is 0 Å². The van der Waals surface area contributed by atoms with Crippen molar-refractivity contribution >= 4 is 28.3 Å². The summed E-state index contributed by atoms with van der Waals surface area (Å²) in [7, 11) is -3.50. The van der Waals surface area contributed by atoms with Gasteiger partial charge in [0.2, 0.25) is 10.0 Å². The average molecular weight is 392 g/mol. The third-order valence-electron chi connectivity index (χ3n) is 3.99. The van der Waals surface area contributed by atoms with E-state index in [0.29, 0.717) is 25.2 Å². The van der Waals surface area contributed by atoms with Crippen molar-refractivity contribution < 1.29 is 13.2 Å². The summed E-state index contributed by atoms with van der Waals surface area (Å²) in [5.41, 5.74) is 6.12. The van der Waals surface area contributed by atoms with Crippen molar-refractivity contribution in [3.8, 4) is 0 Å². The van der Waals surface area contributed by atoms with Gasteiger partial charge in [0.1, 0.15) is 0 Å². The first-order chi connectivity index (χ1) is 11.4. The molecule has 0 heterocycles. The summed E-state index contributed by atoms with van der Waals surface area (Å²) in [6.45, 7) is 6.90. The molecule has 144 valence electrons. The molecular weight excluding hydrogens is 362 g/mol. The summed E-state index contributed by atoms with van der Waals surface area (Å²) in [5, 5.41) is 2.90. The number of carbonyl (C=O) groups excluding carboxylic acids is 1. The lowest BCUT2D eigenvalue weighted by atomic mass is 10.1. The number of halogens is 1. The SMILES string of the molecule is CCCCC(CN)NC(=O)c1ccc(S(=O)(=O)N(CC)CC)cc1.Cl. The van der Waals surface area contributed by atoms with Crippen molar-refractivity contribution in [2.24, 2.45) is 5.73 Å². The summed E-state index contributed by atoms with van der Waals surface area (Å²) in [5.74, 6) is -0.228. The zero-order chi connectivity index (χ0) is 18.2. The van der Waals surface area contributed by atoms with Crippen LogP contribution in [0.2, 0.25) is 0 Å². The van der Waals surface area contributed by atoms with E-state index in [1.807, 2.05) is 0 Å². The predicted octanol–water partition coefficient (Wildman–Crippen LogP) is 2.39. The second kappa shape index (κ2) is 11.5. The zero-order valence-corrected chi connectivity index (χ0v) is 16.8. The van der Waals surface area contributed by atoms with Gasteiger partial charge in [-0.05, 0) is 30.7 Å². The Balaban J connectivity index is 0.00000576. The minimum atomic E-state index is -3.50. The number of unbranched alkanes of at least 4 members (excludes halogenated alkanes) is 1. The van der Waals surface area contributed by atoms with Gasteiger partial charge in [-0.2, -0.15) is 4.31 Å². The molecule has 0 bridgehead atoms. The molecule has 1 aromatic rings. The molecule has 6 nitrogen and oxygen atoms in total. The van der Waals surface area contributed by atoms with Crippen molar-refractivity contribution in [3.63, 3.8) is 0 Å². The van der Waals surface area contributed by atoms with E-state index in [9.17, 15) is 13.2 Å². The predicted molar refractivity (Wildman–Crippen MR) is 104 cm³/mol. The molecule has 1 atom stereocenters. The van der Waals surface area contributed by atoms with Crippen LogP contribution in [0.1, 0.15) is 50.4 Å². The standard InChI is InChI=1S/C17H29N3O3S.ClH/c1-4-7-8-15(13-18)19-17(21)14-9-11-16(12-10-14)24(22,23)20(5-2)6-3;/h9-12,15H,4-8,13,18H2,1-3H3,(H,19,21);1H. The lowest BCUT2D eigenvalue weighted by molar-refractivity contribution is 0.0935. The van der Waals surface area contributed by atoms with Gasteiger partial charge in [0, 0.05) is 31.2 Å². The van der Waals surface area contributed by atoms with Crippen LogP contribution < -0.4 is 11.1 Å². The van der Waals surface area contributed by atoms with Gasteiger partial charge in [-0.1, -0.05) is 33.6 Å². The number of sulfonamides is 1. The van der Waals surface area contributed by atoms with Crippen molar-refractivity contribution in [3.05, 3.63) is 29.8 Å². The topological polar surface area (TPSA) is 92.5 Å². The van der Waals surface area contributed by atoms with E-state index in [2.05, 4.69) is 12.2 Å². The minimum absolute atomic E-state index is 0. The van der Waals surface area contributed by atoms with Crippen LogP contribution in [-0.4, -0.2) is 44.3 Å². The Labute approximate surface area is 157 Å². The van der Waals surface area contributed by atoms with E-state index < -0.39 is 10.0 Å². The largest absolute Gasteiger partial charge is 0.348 e. The Kier molecular flexibility index (Phi) is 10.9. The normalized spacial score (nSPS) is 12.5. The van der Waals surface area contributed by atoms with Crippen molar-refractivity contribution in [2.75, 3.05) is 19.6 Å². The highest BCUT2D eigenvalue weighted by molar-refractivity contribution is 7.89. The van der Waals surface area contributed by atoms with Gasteiger partial charge in [-0.25, -0.2) is 8.42 Å². The molecule has 0 spiro atoms. The highest BCUT2D eigenvalue weighted by Gasteiger charge is 2.22. The van der Waals surface area contributed by atoms with Crippen LogP contribution in [0, 0.1) is 0 Å². The second-order valence-corrected chi connectivity index (χ2v) is 7.60. The van der Waals surface area contributed by atoms with Crippen LogP contribution in [0.5, 0.6) is 0 Å². The first-order valence-electron chi connectivity index (χ1n) is 8.51. The van der Waals surface area contributed by atoms with Crippen LogP contribution in [-0.2, 0) is 10.0 Å². The smallest absolute Gasteiger partial charge is 0.251 e. The van der Waals surface area contributed by atoms with Crippen LogP contribution in [0.25, 0.3) is 0 Å². The first-order valence-corrected chi connectivity index (χ1v) is 9.95. The molecule has 0 aromatic heterocycles. The van der Waals surface area contributed by atoms with E-state index in [-0.39, 0.29) is 29.3 Å². The lowest BCUT2D eigenvalue weighted by Crippen LogP contribution is -2.40. The van der Waals surface area contributed by atoms with Crippen molar-refractivity contribution in [1.82, 2.24) is 9.62 Å². The fraction of sp³-hybridized carbons (Fsp3) is 0.588. The maximum absolute atomic E-state index is 12.4. The molecule has 0 saturated heterocycles. The Hall–Kier alpha value is -1.15. The molecule has 1 amide bonds. The van der Waals surface area contributed by atoms with Crippen LogP contribution in [0.3, 0.4) is 0 Å². The second-order valence-electron chi connectivity index (χ2n) is 5.66. The molecule has 0 aliphatic heterocycles. The van der Waals surface area contributed by atoms with E-state index >= 15 is 0 Å². The van der Waals surface area contributed by atoms with Gasteiger partial charge in [-0.3, -0.25) is 4.79 Å². The maximum atomic E-state index is 12.4. The molecular formula is C17H30ClN3O3S. The van der Waals surface area contributed by atoms with Gasteiger partial charge in [0.15, 0.2) is 0 Å². The third kappa shape index (κ3) is 6.58. The Morgan fingerprint density at radius 3 is 2.16 bits per heavy atom. The van der Waals surface area contributed by atoms with E-state index in [1.165, 1.54) is 16.4 Å². The van der Waals surface area contributed by atoms with E-state index in [0.717, 1.165) is 19.3 Å². The quantitative estimate of drug-likeness (QED) is 0.640. The number of nitrogens with zero attached hydrogens (tertiary/aromatic N) is 1. The van der Waals surface area contributed by atoms with Crippen molar-refractivity contribution in [1.29, 1.82) is 0 Å². The molecule has 0 aliphatic rings. The number of nitrogens with one attached hydrogen (secondary N) is 1. The molecule has 25 heavy (non-hydrogen) atoms. The number of carbonyl (C=O) groups is 1. The van der Waals surface area contributed by atoms with E-state index in [1.54, 1.807) is 26.0 Å². The number of hydrogen-bond donors (Lipinski definition) is 2. The average Bonchev–Trinajstić information content (AvgIpc) is 2.59. The summed E-state index contributed by atoms with van der Waals surface area (Å²) in [6, 6.07) is 5.98. The summed E-state index contributed by atoms with van der Waals surface area (Å²) >= 11 is 0. The monoisotopic (exact) mass is 391 g/mol. The molecule has 3 N–H and O–H groups in total. The number of hydrogen-bond acceptors (Lipinski definition) is 4. The van der Waals surface area contributed by atoms with Crippen molar-refractivity contribution in [2.45, 2.75) is 51.0 Å². The number of nitrogens with two attached hydrogens (primary N) is 1. The molecule has 1 unspecified atom stereocenters. The molecule has 0 saturated carbocycles. The highest BCUT2D eigenvalue weighted by atomic mass is 35.5. The van der Waals surface area contributed by atoms with Gasteiger partial charge in [0.25, 0.3) is 5.91 Å². The first kappa shape index (κ1) is 23.9. The van der Waals surface area contributed by atoms with Crippen LogP contribution in [0.15, 0.2) is 29.2 Å². The van der Waals surface area contributed by atoms with Gasteiger partial charge >= 0.3 is 0 Å².